The van der Waals surface area contributed by atoms with Gasteiger partial charge >= 0.3 is 0 Å². The van der Waals surface area contributed by atoms with Crippen molar-refractivity contribution in [2.75, 3.05) is 0 Å². The van der Waals surface area contributed by atoms with Crippen molar-refractivity contribution in [2.45, 2.75) is 12.8 Å². The summed E-state index contributed by atoms with van der Waals surface area (Å²) in [6.45, 7) is 0. The van der Waals surface area contributed by atoms with Crippen molar-refractivity contribution in [2.24, 2.45) is 0 Å². The van der Waals surface area contributed by atoms with Crippen LogP contribution in [0.3, 0.4) is 0 Å². The van der Waals surface area contributed by atoms with Gasteiger partial charge in [-0.1, -0.05) is 96.0 Å². The summed E-state index contributed by atoms with van der Waals surface area (Å²) in [4.78, 5) is 13.6. The predicted octanol–water partition coefficient (Wildman–Crippen LogP) is 7.41. The smallest absolute Gasteiger partial charge is 0.193 e. The van der Waals surface area contributed by atoms with Crippen LogP contribution in [0.5, 0.6) is 0 Å². The first kappa shape index (κ1) is 20.4. The fraction of sp³-hybridized carbons (Fsp3) is 0.0741. The van der Waals surface area contributed by atoms with E-state index in [1.165, 1.54) is 0 Å². The Morgan fingerprint density at radius 1 is 0.567 bits per heavy atom. The summed E-state index contributed by atoms with van der Waals surface area (Å²) in [6, 6.07) is 31.1. The van der Waals surface area contributed by atoms with Gasteiger partial charge in [-0.3, -0.25) is 4.79 Å². The van der Waals surface area contributed by atoms with Crippen LogP contribution in [-0.2, 0) is 12.8 Å². The van der Waals surface area contributed by atoms with E-state index in [4.69, 9.17) is 23.2 Å². The number of rotatable bonds is 6. The second kappa shape index (κ2) is 9.30. The summed E-state index contributed by atoms with van der Waals surface area (Å²) in [6.07, 6.45) is 1.30. The van der Waals surface area contributed by atoms with E-state index < -0.39 is 0 Å². The van der Waals surface area contributed by atoms with Gasteiger partial charge in [-0.05, 0) is 59.4 Å². The molecule has 1 nitrogen and oxygen atoms in total. The molecule has 4 aromatic carbocycles. The lowest BCUT2D eigenvalue weighted by Crippen LogP contribution is -2.09. The molecule has 0 unspecified atom stereocenters. The lowest BCUT2D eigenvalue weighted by atomic mass is 9.90. The third-order valence-corrected chi connectivity index (χ3v) is 5.56. The summed E-state index contributed by atoms with van der Waals surface area (Å²) < 4.78 is 0. The zero-order valence-electron chi connectivity index (χ0n) is 16.3. The van der Waals surface area contributed by atoms with Gasteiger partial charge in [-0.25, -0.2) is 0 Å². The van der Waals surface area contributed by atoms with Gasteiger partial charge in [0.2, 0.25) is 0 Å². The fourth-order valence-electron chi connectivity index (χ4n) is 3.67. The molecule has 0 aliphatic rings. The van der Waals surface area contributed by atoms with E-state index in [9.17, 15) is 4.79 Å². The molecule has 0 amide bonds. The molecular weight excluding hydrogens is 411 g/mol. The third kappa shape index (κ3) is 4.81. The molecule has 0 fully saturated rings. The van der Waals surface area contributed by atoms with Gasteiger partial charge in [0.1, 0.15) is 0 Å². The molecule has 0 saturated carbocycles. The van der Waals surface area contributed by atoms with Gasteiger partial charge in [0, 0.05) is 21.2 Å². The molecule has 148 valence electrons. The number of halogens is 2. The molecule has 0 spiro atoms. The maximum atomic E-state index is 13.6. The van der Waals surface area contributed by atoms with E-state index in [1.807, 2.05) is 97.1 Å². The fourth-order valence-corrected chi connectivity index (χ4v) is 4.10. The van der Waals surface area contributed by atoms with E-state index in [2.05, 4.69) is 0 Å². The van der Waals surface area contributed by atoms with Crippen LogP contribution in [0.4, 0.5) is 0 Å². The van der Waals surface area contributed by atoms with Crippen molar-refractivity contribution in [3.63, 3.8) is 0 Å². The Balaban J connectivity index is 1.67. The SMILES string of the molecule is O=C(c1ccccc1Cc1cccc(Cl)c1)c1ccccc1Cc1cccc(Cl)c1. The van der Waals surface area contributed by atoms with Crippen LogP contribution in [-0.4, -0.2) is 5.78 Å². The molecular formula is C27H20Cl2O. The summed E-state index contributed by atoms with van der Waals surface area (Å²) in [7, 11) is 0. The first-order chi connectivity index (χ1) is 14.6. The van der Waals surface area contributed by atoms with Crippen LogP contribution in [0.25, 0.3) is 0 Å². The summed E-state index contributed by atoms with van der Waals surface area (Å²) >= 11 is 12.3. The molecule has 3 heteroatoms. The molecule has 0 aliphatic heterocycles. The molecule has 4 aromatic rings. The minimum Gasteiger partial charge on any atom is -0.289 e. The monoisotopic (exact) mass is 430 g/mol. The summed E-state index contributed by atoms with van der Waals surface area (Å²) in [5, 5.41) is 1.39. The van der Waals surface area contributed by atoms with Crippen molar-refractivity contribution in [1.82, 2.24) is 0 Å². The quantitative estimate of drug-likeness (QED) is 0.291. The van der Waals surface area contributed by atoms with Gasteiger partial charge in [0.25, 0.3) is 0 Å². The van der Waals surface area contributed by atoms with Crippen LogP contribution in [0.1, 0.15) is 38.2 Å². The number of carbonyl (C=O) groups is 1. The Morgan fingerprint density at radius 3 is 1.43 bits per heavy atom. The second-order valence-electron chi connectivity index (χ2n) is 7.26. The molecule has 0 aromatic heterocycles. The van der Waals surface area contributed by atoms with Crippen LogP contribution in [0.15, 0.2) is 97.1 Å². The topological polar surface area (TPSA) is 17.1 Å². The largest absolute Gasteiger partial charge is 0.289 e. The first-order valence-corrected chi connectivity index (χ1v) is 10.5. The molecule has 0 aliphatic carbocycles. The van der Waals surface area contributed by atoms with Crippen molar-refractivity contribution in [3.05, 3.63) is 140 Å². The van der Waals surface area contributed by atoms with Gasteiger partial charge in [0.05, 0.1) is 0 Å². The van der Waals surface area contributed by atoms with Crippen molar-refractivity contribution in [3.8, 4) is 0 Å². The minimum absolute atomic E-state index is 0.0326. The molecule has 4 rings (SSSR count). The lowest BCUT2D eigenvalue weighted by Gasteiger charge is -2.13. The van der Waals surface area contributed by atoms with Crippen molar-refractivity contribution >= 4 is 29.0 Å². The molecule has 30 heavy (non-hydrogen) atoms. The second-order valence-corrected chi connectivity index (χ2v) is 8.13. The highest BCUT2D eigenvalue weighted by atomic mass is 35.5. The zero-order chi connectivity index (χ0) is 20.9. The Kier molecular flexibility index (Phi) is 6.32. The van der Waals surface area contributed by atoms with Crippen molar-refractivity contribution in [1.29, 1.82) is 0 Å². The van der Waals surface area contributed by atoms with Gasteiger partial charge in [-0.15, -0.1) is 0 Å². The highest BCUT2D eigenvalue weighted by Gasteiger charge is 2.17. The number of hydrogen-bond donors (Lipinski definition) is 0. The predicted molar refractivity (Wildman–Crippen MR) is 125 cm³/mol. The zero-order valence-corrected chi connectivity index (χ0v) is 17.8. The Labute approximate surface area is 186 Å². The van der Waals surface area contributed by atoms with Gasteiger partial charge < -0.3 is 0 Å². The average molecular weight is 431 g/mol. The maximum absolute atomic E-state index is 13.6. The Hall–Kier alpha value is -2.87. The molecule has 0 N–H and O–H groups in total. The van der Waals surface area contributed by atoms with E-state index in [0.29, 0.717) is 22.9 Å². The third-order valence-electron chi connectivity index (χ3n) is 5.09. The maximum Gasteiger partial charge on any atom is 0.193 e. The Morgan fingerprint density at radius 2 is 1.00 bits per heavy atom. The van der Waals surface area contributed by atoms with Crippen LogP contribution in [0.2, 0.25) is 10.0 Å². The number of carbonyl (C=O) groups excluding carboxylic acids is 1. The Bertz CT molecular complexity index is 1100. The lowest BCUT2D eigenvalue weighted by molar-refractivity contribution is 0.103. The number of benzene rings is 4. The average Bonchev–Trinajstić information content (AvgIpc) is 2.74. The van der Waals surface area contributed by atoms with Gasteiger partial charge in [-0.2, -0.15) is 0 Å². The van der Waals surface area contributed by atoms with E-state index in [0.717, 1.165) is 33.4 Å². The van der Waals surface area contributed by atoms with E-state index in [-0.39, 0.29) is 5.78 Å². The summed E-state index contributed by atoms with van der Waals surface area (Å²) in [5.74, 6) is 0.0326. The number of hydrogen-bond acceptors (Lipinski definition) is 1. The highest BCUT2D eigenvalue weighted by Crippen LogP contribution is 2.23. The molecule has 0 atom stereocenters. The molecule has 0 radical (unpaired) electrons. The molecule has 0 saturated heterocycles. The normalized spacial score (nSPS) is 10.7. The van der Waals surface area contributed by atoms with Crippen LogP contribution < -0.4 is 0 Å². The number of ketones is 1. The highest BCUT2D eigenvalue weighted by molar-refractivity contribution is 6.30. The van der Waals surface area contributed by atoms with Crippen LogP contribution >= 0.6 is 23.2 Å². The minimum atomic E-state index is 0.0326. The van der Waals surface area contributed by atoms with E-state index in [1.54, 1.807) is 0 Å². The molecule has 0 bridgehead atoms. The molecule has 0 heterocycles. The van der Waals surface area contributed by atoms with E-state index >= 15 is 0 Å². The van der Waals surface area contributed by atoms with Crippen LogP contribution in [0, 0.1) is 0 Å². The summed E-state index contributed by atoms with van der Waals surface area (Å²) in [5.41, 5.74) is 5.57. The van der Waals surface area contributed by atoms with Crippen molar-refractivity contribution < 1.29 is 4.79 Å². The first-order valence-electron chi connectivity index (χ1n) is 9.79. The standard InChI is InChI=1S/C27H20Cl2O/c28-23-11-5-7-19(17-23)15-21-9-1-3-13-25(21)27(30)26-14-4-2-10-22(26)16-20-8-6-12-24(29)18-20/h1-14,17-18H,15-16H2. The van der Waals surface area contributed by atoms with Gasteiger partial charge in [0.15, 0.2) is 5.78 Å².